The highest BCUT2D eigenvalue weighted by Gasteiger charge is 2.43. The molecule has 0 aromatic heterocycles. The van der Waals surface area contributed by atoms with E-state index in [0.29, 0.717) is 6.54 Å². The van der Waals surface area contributed by atoms with E-state index < -0.39 is 0 Å². The minimum Gasteiger partial charge on any atom is -0.396 e. The van der Waals surface area contributed by atoms with Crippen LogP contribution in [0.15, 0.2) is 18.2 Å². The van der Waals surface area contributed by atoms with Gasteiger partial charge < -0.3 is 15.3 Å². The molecule has 1 aliphatic carbocycles. The lowest BCUT2D eigenvalue weighted by Gasteiger charge is -2.26. The van der Waals surface area contributed by atoms with Gasteiger partial charge in [0, 0.05) is 19.0 Å². The Bertz CT molecular complexity index is 503. The van der Waals surface area contributed by atoms with Crippen molar-refractivity contribution in [3.05, 3.63) is 34.9 Å². The number of benzene rings is 1. The summed E-state index contributed by atoms with van der Waals surface area (Å²) in [5.74, 6) is 0. The third-order valence-corrected chi connectivity index (χ3v) is 4.53. The number of nitrogens with zero attached hydrogens (tertiary/aromatic N) is 1. The van der Waals surface area contributed by atoms with Gasteiger partial charge in [0.05, 0.1) is 12.6 Å². The van der Waals surface area contributed by atoms with Gasteiger partial charge in [-0.05, 0) is 50.3 Å². The predicted octanol–water partition coefficient (Wildman–Crippen LogP) is 2.78. The summed E-state index contributed by atoms with van der Waals surface area (Å²) in [4.78, 5) is 14.0. The number of urea groups is 1. The van der Waals surface area contributed by atoms with Crippen LogP contribution in [0, 0.1) is 19.3 Å². The van der Waals surface area contributed by atoms with E-state index in [2.05, 4.69) is 31.3 Å². The van der Waals surface area contributed by atoms with Crippen LogP contribution < -0.4 is 5.32 Å². The van der Waals surface area contributed by atoms with Gasteiger partial charge in [-0.3, -0.25) is 0 Å². The molecule has 0 heterocycles. The molecular weight excluding hydrogens is 264 g/mol. The number of hydrogen-bond acceptors (Lipinski definition) is 2. The fraction of sp³-hybridized carbons (Fsp3) is 0.588. The molecule has 1 unspecified atom stereocenters. The Morgan fingerprint density at radius 2 is 1.95 bits per heavy atom. The number of aryl methyl sites for hydroxylation is 2. The minimum atomic E-state index is -0.0788. The van der Waals surface area contributed by atoms with Crippen molar-refractivity contribution in [2.75, 3.05) is 20.2 Å². The highest BCUT2D eigenvalue weighted by molar-refractivity contribution is 5.74. The van der Waals surface area contributed by atoms with Crippen molar-refractivity contribution in [3.63, 3.8) is 0 Å². The summed E-state index contributed by atoms with van der Waals surface area (Å²) < 4.78 is 0. The first-order valence-electron chi connectivity index (χ1n) is 7.57. The highest BCUT2D eigenvalue weighted by atomic mass is 16.3. The van der Waals surface area contributed by atoms with Crippen LogP contribution in [0.4, 0.5) is 4.79 Å². The van der Waals surface area contributed by atoms with Gasteiger partial charge in [0.1, 0.15) is 0 Å². The van der Waals surface area contributed by atoms with Crippen molar-refractivity contribution >= 4 is 6.03 Å². The van der Waals surface area contributed by atoms with Crippen LogP contribution >= 0.6 is 0 Å². The number of rotatable bonds is 5. The van der Waals surface area contributed by atoms with E-state index in [4.69, 9.17) is 0 Å². The third-order valence-electron chi connectivity index (χ3n) is 4.53. The number of carbonyl (C=O) groups excluding carboxylic acids is 1. The molecule has 2 amide bonds. The zero-order chi connectivity index (χ0) is 15.6. The van der Waals surface area contributed by atoms with Gasteiger partial charge in [0.25, 0.3) is 0 Å². The number of carbonyl (C=O) groups is 1. The van der Waals surface area contributed by atoms with Crippen LogP contribution in [0.1, 0.15) is 42.5 Å². The minimum absolute atomic E-state index is 0.0228. The second kappa shape index (κ2) is 6.06. The third kappa shape index (κ3) is 3.56. The van der Waals surface area contributed by atoms with Crippen LogP contribution in [0.5, 0.6) is 0 Å². The Hall–Kier alpha value is -1.55. The molecule has 1 aliphatic rings. The quantitative estimate of drug-likeness (QED) is 0.876. The van der Waals surface area contributed by atoms with Crippen molar-refractivity contribution in [1.29, 1.82) is 0 Å². The standard InChI is InChI=1S/C17H26N2O2/c1-12-6-5-7-13(2)15(12)14(3)18-16(21)19(4)10-17(11-20)8-9-17/h5-7,14,20H,8-11H2,1-4H3,(H,18,21). The van der Waals surface area contributed by atoms with Crippen molar-refractivity contribution in [1.82, 2.24) is 10.2 Å². The van der Waals surface area contributed by atoms with Crippen molar-refractivity contribution < 1.29 is 9.90 Å². The summed E-state index contributed by atoms with van der Waals surface area (Å²) in [6.07, 6.45) is 2.02. The molecule has 1 atom stereocenters. The largest absolute Gasteiger partial charge is 0.396 e. The molecule has 0 saturated heterocycles. The Labute approximate surface area is 127 Å². The first-order valence-corrected chi connectivity index (χ1v) is 7.57. The summed E-state index contributed by atoms with van der Waals surface area (Å²) in [5.41, 5.74) is 3.52. The van der Waals surface area contributed by atoms with E-state index in [-0.39, 0.29) is 24.1 Å². The molecule has 0 aliphatic heterocycles. The van der Waals surface area contributed by atoms with Gasteiger partial charge in [0.2, 0.25) is 0 Å². The normalized spacial score (nSPS) is 17.2. The number of aliphatic hydroxyl groups excluding tert-OH is 1. The summed E-state index contributed by atoms with van der Waals surface area (Å²) in [6.45, 7) is 6.94. The monoisotopic (exact) mass is 290 g/mol. The van der Waals surface area contributed by atoms with Gasteiger partial charge in [-0.2, -0.15) is 0 Å². The SMILES string of the molecule is Cc1cccc(C)c1C(C)NC(=O)N(C)CC1(CO)CC1. The highest BCUT2D eigenvalue weighted by Crippen LogP contribution is 2.45. The van der Waals surface area contributed by atoms with Crippen molar-refractivity contribution in [3.8, 4) is 0 Å². The molecule has 4 heteroatoms. The van der Waals surface area contributed by atoms with E-state index >= 15 is 0 Å². The smallest absolute Gasteiger partial charge is 0.317 e. The van der Waals surface area contributed by atoms with E-state index in [1.54, 1.807) is 11.9 Å². The average molecular weight is 290 g/mol. The molecule has 1 aromatic carbocycles. The topological polar surface area (TPSA) is 52.6 Å². The molecule has 0 bridgehead atoms. The van der Waals surface area contributed by atoms with Crippen LogP contribution in [0.25, 0.3) is 0 Å². The van der Waals surface area contributed by atoms with E-state index in [0.717, 1.165) is 12.8 Å². The summed E-state index contributed by atoms with van der Waals surface area (Å²) >= 11 is 0. The number of aliphatic hydroxyl groups is 1. The average Bonchev–Trinajstić information content (AvgIpc) is 3.18. The fourth-order valence-electron chi connectivity index (χ4n) is 3.00. The first kappa shape index (κ1) is 15.8. The molecule has 116 valence electrons. The maximum Gasteiger partial charge on any atom is 0.317 e. The van der Waals surface area contributed by atoms with Crippen molar-refractivity contribution in [2.24, 2.45) is 5.41 Å². The number of hydrogen-bond donors (Lipinski definition) is 2. The molecule has 1 aromatic rings. The summed E-state index contributed by atoms with van der Waals surface area (Å²) in [6, 6.07) is 6.07. The van der Waals surface area contributed by atoms with Crippen LogP contribution in [-0.4, -0.2) is 36.2 Å². The second-order valence-corrected chi connectivity index (χ2v) is 6.49. The zero-order valence-corrected chi connectivity index (χ0v) is 13.4. The summed E-state index contributed by atoms with van der Waals surface area (Å²) in [7, 11) is 1.79. The lowest BCUT2D eigenvalue weighted by atomic mass is 9.97. The lowest BCUT2D eigenvalue weighted by molar-refractivity contribution is 0.160. The number of amides is 2. The Morgan fingerprint density at radius 1 is 1.38 bits per heavy atom. The van der Waals surface area contributed by atoms with Gasteiger partial charge in [0.15, 0.2) is 0 Å². The van der Waals surface area contributed by atoms with Crippen LogP contribution in [0.2, 0.25) is 0 Å². The van der Waals surface area contributed by atoms with E-state index in [1.807, 2.05) is 13.0 Å². The molecule has 2 N–H and O–H groups in total. The predicted molar refractivity (Wildman–Crippen MR) is 84.2 cm³/mol. The Morgan fingerprint density at radius 3 is 2.43 bits per heavy atom. The molecule has 0 radical (unpaired) electrons. The molecule has 0 spiro atoms. The van der Waals surface area contributed by atoms with Crippen LogP contribution in [0.3, 0.4) is 0 Å². The molecule has 1 saturated carbocycles. The maximum atomic E-state index is 12.3. The fourth-order valence-corrected chi connectivity index (χ4v) is 3.00. The van der Waals surface area contributed by atoms with Crippen molar-refractivity contribution in [2.45, 2.75) is 39.7 Å². The molecule has 21 heavy (non-hydrogen) atoms. The first-order chi connectivity index (χ1) is 9.88. The molecular formula is C17H26N2O2. The molecule has 1 fully saturated rings. The Balaban J connectivity index is 1.99. The van der Waals surface area contributed by atoms with Crippen LogP contribution in [-0.2, 0) is 0 Å². The zero-order valence-electron chi connectivity index (χ0n) is 13.4. The van der Waals surface area contributed by atoms with E-state index in [9.17, 15) is 9.90 Å². The van der Waals surface area contributed by atoms with E-state index in [1.165, 1.54) is 16.7 Å². The number of nitrogens with one attached hydrogen (secondary N) is 1. The summed E-state index contributed by atoms with van der Waals surface area (Å²) in [5, 5.41) is 12.4. The lowest BCUT2D eigenvalue weighted by Crippen LogP contribution is -2.42. The van der Waals surface area contributed by atoms with Gasteiger partial charge in [-0.1, -0.05) is 18.2 Å². The molecule has 4 nitrogen and oxygen atoms in total. The Kier molecular flexibility index (Phi) is 4.57. The van der Waals surface area contributed by atoms with Gasteiger partial charge in [-0.25, -0.2) is 4.79 Å². The van der Waals surface area contributed by atoms with Gasteiger partial charge in [-0.15, -0.1) is 0 Å². The maximum absolute atomic E-state index is 12.3. The van der Waals surface area contributed by atoms with Gasteiger partial charge >= 0.3 is 6.03 Å². The second-order valence-electron chi connectivity index (χ2n) is 6.49. The molecule has 2 rings (SSSR count).